The quantitative estimate of drug-likeness (QED) is 0.256. The summed E-state index contributed by atoms with van der Waals surface area (Å²) >= 11 is 0. The number of H-pyrrole nitrogens is 1. The first-order chi connectivity index (χ1) is 16.7. The molecule has 35 heavy (non-hydrogen) atoms. The number of aromatic amines is 1. The Morgan fingerprint density at radius 3 is 2.37 bits per heavy atom. The molecule has 1 unspecified atom stereocenters. The summed E-state index contributed by atoms with van der Waals surface area (Å²) in [6, 6.07) is 14.8. The Hall–Kier alpha value is -3.78. The first kappa shape index (κ1) is 25.8. The lowest BCUT2D eigenvalue weighted by Gasteiger charge is -2.27. The summed E-state index contributed by atoms with van der Waals surface area (Å²) in [7, 11) is -2.80. The van der Waals surface area contributed by atoms with Crippen molar-refractivity contribution in [1.82, 2.24) is 19.3 Å². The topological polar surface area (TPSA) is 160 Å². The van der Waals surface area contributed by atoms with E-state index in [4.69, 9.17) is 14.7 Å². The number of hydrogen-bond acceptors (Lipinski definition) is 8. The highest BCUT2D eigenvalue weighted by atomic mass is 32.2. The number of amides is 1. The molecule has 0 radical (unpaired) electrons. The monoisotopic (exact) mass is 504 g/mol. The van der Waals surface area contributed by atoms with E-state index in [9.17, 15) is 22.8 Å². The van der Waals surface area contributed by atoms with Gasteiger partial charge >= 0.3 is 5.69 Å². The molecule has 0 aliphatic rings. The van der Waals surface area contributed by atoms with E-state index in [0.717, 1.165) is 14.9 Å². The van der Waals surface area contributed by atoms with Crippen LogP contribution in [0.1, 0.15) is 6.42 Å². The average Bonchev–Trinajstić information content (AvgIpc) is 2.85. The van der Waals surface area contributed by atoms with Gasteiger partial charge in [-0.05, 0) is 36.4 Å². The standard InChI is InChI=1S/C22H24N4O8S/c1-25(16(13-21(28)24-30)14-33-15-26-12-11-20(27)23-22(26)29)35(31,32)19-9-7-18(8-10-19)34-17-5-3-2-4-6-17/h2-12,16,30H,13-15H2,1H3,(H,24,28)(H,23,27,29). The van der Waals surface area contributed by atoms with Crippen LogP contribution in [0.3, 0.4) is 0 Å². The van der Waals surface area contributed by atoms with E-state index < -0.39 is 39.6 Å². The molecule has 1 heterocycles. The lowest BCUT2D eigenvalue weighted by atomic mass is 10.2. The van der Waals surface area contributed by atoms with Crippen LogP contribution in [-0.2, 0) is 26.3 Å². The molecule has 1 atom stereocenters. The van der Waals surface area contributed by atoms with Crippen LogP contribution in [-0.4, -0.2) is 53.1 Å². The lowest BCUT2D eigenvalue weighted by molar-refractivity contribution is -0.130. The fourth-order valence-electron chi connectivity index (χ4n) is 3.05. The van der Waals surface area contributed by atoms with Gasteiger partial charge < -0.3 is 9.47 Å². The second kappa shape index (κ2) is 11.6. The Bertz CT molecular complexity index is 1350. The summed E-state index contributed by atoms with van der Waals surface area (Å²) in [4.78, 5) is 36.7. The molecule has 13 heteroatoms. The molecule has 0 spiro atoms. The van der Waals surface area contributed by atoms with Gasteiger partial charge in [-0.25, -0.2) is 18.7 Å². The number of sulfonamides is 1. The van der Waals surface area contributed by atoms with Crippen LogP contribution in [0.15, 0.2) is 81.3 Å². The molecule has 3 N–H and O–H groups in total. The number of nitrogens with zero attached hydrogens (tertiary/aromatic N) is 2. The van der Waals surface area contributed by atoms with Gasteiger partial charge in [0, 0.05) is 25.7 Å². The summed E-state index contributed by atoms with van der Waals surface area (Å²) in [5.74, 6) is 0.200. The van der Waals surface area contributed by atoms with Gasteiger partial charge in [0.1, 0.15) is 18.2 Å². The molecule has 2 aromatic carbocycles. The van der Waals surface area contributed by atoms with Gasteiger partial charge in [0.2, 0.25) is 15.9 Å². The summed E-state index contributed by atoms with van der Waals surface area (Å²) in [6.45, 7) is -0.587. The Labute approximate surface area is 200 Å². The van der Waals surface area contributed by atoms with Gasteiger partial charge in [0.05, 0.1) is 17.5 Å². The van der Waals surface area contributed by atoms with E-state index in [2.05, 4.69) is 4.98 Å². The number of rotatable bonds is 11. The van der Waals surface area contributed by atoms with Crippen LogP contribution in [0.5, 0.6) is 11.5 Å². The van der Waals surface area contributed by atoms with Crippen molar-refractivity contribution in [2.45, 2.75) is 24.1 Å². The maximum atomic E-state index is 13.2. The number of likely N-dealkylation sites (N-methyl/N-ethyl adjacent to an activating group) is 1. The molecule has 12 nitrogen and oxygen atoms in total. The van der Waals surface area contributed by atoms with Crippen molar-refractivity contribution in [3.8, 4) is 11.5 Å². The third kappa shape index (κ3) is 6.86. The Kier molecular flexibility index (Phi) is 8.54. The van der Waals surface area contributed by atoms with E-state index in [1.54, 1.807) is 24.3 Å². The van der Waals surface area contributed by atoms with Gasteiger partial charge in [-0.2, -0.15) is 4.31 Å². The summed E-state index contributed by atoms with van der Waals surface area (Å²) in [6.07, 6.45) is 0.804. The molecule has 3 rings (SSSR count). The molecule has 186 valence electrons. The predicted molar refractivity (Wildman–Crippen MR) is 124 cm³/mol. The van der Waals surface area contributed by atoms with Crippen molar-refractivity contribution >= 4 is 15.9 Å². The van der Waals surface area contributed by atoms with Gasteiger partial charge in [0.25, 0.3) is 5.56 Å². The van der Waals surface area contributed by atoms with Gasteiger partial charge in [-0.1, -0.05) is 18.2 Å². The molecule has 1 aromatic heterocycles. The van der Waals surface area contributed by atoms with Gasteiger partial charge in [-0.15, -0.1) is 0 Å². The average molecular weight is 505 g/mol. The molecule has 0 saturated heterocycles. The Balaban J connectivity index is 1.73. The highest BCUT2D eigenvalue weighted by molar-refractivity contribution is 7.89. The second-order valence-electron chi connectivity index (χ2n) is 7.38. The zero-order valence-electron chi connectivity index (χ0n) is 18.7. The maximum absolute atomic E-state index is 13.2. The number of nitrogens with one attached hydrogen (secondary N) is 2. The zero-order chi connectivity index (χ0) is 25.4. The van der Waals surface area contributed by atoms with E-state index in [1.807, 2.05) is 6.07 Å². The van der Waals surface area contributed by atoms with E-state index >= 15 is 0 Å². The molecular formula is C22H24N4O8S. The van der Waals surface area contributed by atoms with Crippen molar-refractivity contribution < 1.29 is 27.9 Å². The van der Waals surface area contributed by atoms with Crippen molar-refractivity contribution in [3.05, 3.63) is 87.7 Å². The number of para-hydroxylation sites is 1. The number of aromatic nitrogens is 2. The molecule has 0 aliphatic heterocycles. The fraction of sp³-hybridized carbons (Fsp3) is 0.227. The number of hydrogen-bond donors (Lipinski definition) is 3. The number of benzene rings is 2. The molecule has 3 aromatic rings. The second-order valence-corrected chi connectivity index (χ2v) is 9.38. The fourth-order valence-corrected chi connectivity index (χ4v) is 4.39. The highest BCUT2D eigenvalue weighted by Gasteiger charge is 2.30. The van der Waals surface area contributed by atoms with Crippen molar-refractivity contribution in [2.75, 3.05) is 13.7 Å². The SMILES string of the molecule is CN(C(COCn1ccc(=O)[nH]c1=O)CC(=O)NO)S(=O)(=O)c1ccc(Oc2ccccc2)cc1. The normalized spacial score (nSPS) is 12.3. The molecule has 1 amide bonds. The van der Waals surface area contributed by atoms with Crippen LogP contribution in [0.2, 0.25) is 0 Å². The third-order valence-electron chi connectivity index (χ3n) is 4.98. The third-order valence-corrected chi connectivity index (χ3v) is 6.90. The minimum Gasteiger partial charge on any atom is -0.457 e. The van der Waals surface area contributed by atoms with Crippen LogP contribution >= 0.6 is 0 Å². The van der Waals surface area contributed by atoms with Gasteiger partial charge in [0.15, 0.2) is 0 Å². The summed E-state index contributed by atoms with van der Waals surface area (Å²) in [5, 5.41) is 8.90. The van der Waals surface area contributed by atoms with E-state index in [1.165, 1.54) is 43.0 Å². The predicted octanol–water partition coefficient (Wildman–Crippen LogP) is 0.888. The molecular weight excluding hydrogens is 480 g/mol. The molecule has 0 bridgehead atoms. The number of ether oxygens (including phenoxy) is 2. The van der Waals surface area contributed by atoms with Crippen molar-refractivity contribution in [3.63, 3.8) is 0 Å². The summed E-state index contributed by atoms with van der Waals surface area (Å²) in [5.41, 5.74) is 0.186. The first-order valence-corrected chi connectivity index (χ1v) is 11.8. The van der Waals surface area contributed by atoms with E-state index in [-0.39, 0.29) is 18.2 Å². The van der Waals surface area contributed by atoms with Crippen LogP contribution in [0.25, 0.3) is 0 Å². The lowest BCUT2D eigenvalue weighted by Crippen LogP contribution is -2.43. The van der Waals surface area contributed by atoms with Crippen LogP contribution < -0.4 is 21.5 Å². The maximum Gasteiger partial charge on any atom is 0.330 e. The molecule has 0 fully saturated rings. The van der Waals surface area contributed by atoms with Crippen LogP contribution in [0.4, 0.5) is 0 Å². The highest BCUT2D eigenvalue weighted by Crippen LogP contribution is 2.25. The van der Waals surface area contributed by atoms with Crippen LogP contribution in [0, 0.1) is 0 Å². The van der Waals surface area contributed by atoms with Crippen molar-refractivity contribution in [2.24, 2.45) is 0 Å². The number of carbonyl (C=O) groups excluding carboxylic acids is 1. The van der Waals surface area contributed by atoms with E-state index in [0.29, 0.717) is 11.5 Å². The Morgan fingerprint density at radius 1 is 1.09 bits per heavy atom. The minimum atomic E-state index is -4.07. The number of carbonyl (C=O) groups is 1. The molecule has 0 aliphatic carbocycles. The summed E-state index contributed by atoms with van der Waals surface area (Å²) < 4.78 is 39.5. The first-order valence-electron chi connectivity index (χ1n) is 10.3. The van der Waals surface area contributed by atoms with Crippen molar-refractivity contribution in [1.29, 1.82) is 0 Å². The largest absolute Gasteiger partial charge is 0.457 e. The zero-order valence-corrected chi connectivity index (χ0v) is 19.5. The Morgan fingerprint density at radius 2 is 1.74 bits per heavy atom. The number of hydroxylamine groups is 1. The minimum absolute atomic E-state index is 0.0494. The smallest absolute Gasteiger partial charge is 0.330 e. The van der Waals surface area contributed by atoms with Gasteiger partial charge in [-0.3, -0.25) is 24.3 Å². The molecule has 0 saturated carbocycles.